The number of ether oxygens (including phenoxy) is 1. The van der Waals surface area contributed by atoms with Gasteiger partial charge in [-0.25, -0.2) is 4.39 Å². The number of benzene rings is 1. The minimum Gasteiger partial charge on any atom is -0.370 e. The molecule has 3 heteroatoms. The number of Topliss-reactive ketones (excluding diaryl/α,β-unsaturated/α-hetero) is 1. The van der Waals surface area contributed by atoms with Gasteiger partial charge in [-0.2, -0.15) is 0 Å². The molecule has 0 atom stereocenters. The summed E-state index contributed by atoms with van der Waals surface area (Å²) in [5, 5.41) is 0. The molecule has 2 rings (SSSR count). The molecule has 1 fully saturated rings. The van der Waals surface area contributed by atoms with Crippen molar-refractivity contribution >= 4 is 5.78 Å². The summed E-state index contributed by atoms with van der Waals surface area (Å²) in [5.41, 5.74) is 0.102. The van der Waals surface area contributed by atoms with Crippen LogP contribution in [-0.2, 0) is 16.0 Å². The molecule has 0 aliphatic heterocycles. The third kappa shape index (κ3) is 2.55. The van der Waals surface area contributed by atoms with Crippen molar-refractivity contribution in [3.05, 3.63) is 35.6 Å². The molecule has 2 nitrogen and oxygen atoms in total. The first-order chi connectivity index (χ1) is 8.16. The van der Waals surface area contributed by atoms with Crippen LogP contribution in [0.1, 0.15) is 31.2 Å². The molecular formula is C14H17FO2. The summed E-state index contributed by atoms with van der Waals surface area (Å²) in [7, 11) is 1.59. The lowest BCUT2D eigenvalue weighted by Crippen LogP contribution is -2.38. The SMILES string of the molecule is COC1(C(=O)Cc2cccc(F)c2)CCCC1. The van der Waals surface area contributed by atoms with Gasteiger partial charge in [-0.3, -0.25) is 4.79 Å². The quantitative estimate of drug-likeness (QED) is 0.803. The first-order valence-electron chi connectivity index (χ1n) is 5.99. The zero-order valence-electron chi connectivity index (χ0n) is 10.0. The van der Waals surface area contributed by atoms with Gasteiger partial charge in [0.05, 0.1) is 0 Å². The largest absolute Gasteiger partial charge is 0.370 e. The Balaban J connectivity index is 2.10. The molecule has 92 valence electrons. The number of ketones is 1. The number of halogens is 1. The Labute approximate surface area is 101 Å². The molecule has 0 N–H and O–H groups in total. The Bertz CT molecular complexity index is 408. The molecule has 0 unspecified atom stereocenters. The first-order valence-corrected chi connectivity index (χ1v) is 5.99. The molecule has 1 saturated carbocycles. The molecule has 1 aliphatic rings. The molecule has 1 aliphatic carbocycles. The third-order valence-electron chi connectivity index (χ3n) is 3.56. The van der Waals surface area contributed by atoms with Crippen LogP contribution in [0.15, 0.2) is 24.3 Å². The van der Waals surface area contributed by atoms with Gasteiger partial charge in [0.2, 0.25) is 0 Å². The summed E-state index contributed by atoms with van der Waals surface area (Å²) in [5.74, 6) is -0.226. The van der Waals surface area contributed by atoms with Gasteiger partial charge in [-0.05, 0) is 43.4 Å². The number of carbonyl (C=O) groups excluding carboxylic acids is 1. The van der Waals surface area contributed by atoms with Crippen molar-refractivity contribution in [3.8, 4) is 0 Å². The highest BCUT2D eigenvalue weighted by molar-refractivity contribution is 5.89. The fourth-order valence-electron chi connectivity index (χ4n) is 2.54. The molecule has 0 heterocycles. The highest BCUT2D eigenvalue weighted by atomic mass is 19.1. The summed E-state index contributed by atoms with van der Waals surface area (Å²) in [6.07, 6.45) is 3.90. The number of rotatable bonds is 4. The van der Waals surface area contributed by atoms with Gasteiger partial charge in [-0.15, -0.1) is 0 Å². The van der Waals surface area contributed by atoms with Crippen LogP contribution in [0.25, 0.3) is 0 Å². The molecular weight excluding hydrogens is 219 g/mol. The van der Waals surface area contributed by atoms with Crippen molar-refractivity contribution in [1.82, 2.24) is 0 Å². The maximum absolute atomic E-state index is 13.0. The van der Waals surface area contributed by atoms with E-state index < -0.39 is 5.60 Å². The van der Waals surface area contributed by atoms with E-state index in [1.807, 2.05) is 0 Å². The van der Waals surface area contributed by atoms with Crippen molar-refractivity contribution < 1.29 is 13.9 Å². The molecule has 0 amide bonds. The summed E-state index contributed by atoms with van der Waals surface area (Å²) in [6.45, 7) is 0. The predicted molar refractivity (Wildman–Crippen MR) is 63.3 cm³/mol. The van der Waals surface area contributed by atoms with Crippen LogP contribution in [-0.4, -0.2) is 18.5 Å². The van der Waals surface area contributed by atoms with Gasteiger partial charge in [-0.1, -0.05) is 12.1 Å². The van der Waals surface area contributed by atoms with Crippen LogP contribution in [0.3, 0.4) is 0 Å². The summed E-state index contributed by atoms with van der Waals surface area (Å²) >= 11 is 0. The van der Waals surface area contributed by atoms with Gasteiger partial charge < -0.3 is 4.74 Å². The zero-order valence-corrected chi connectivity index (χ0v) is 10.0. The average molecular weight is 236 g/mol. The van der Waals surface area contributed by atoms with Crippen molar-refractivity contribution in [2.75, 3.05) is 7.11 Å². The Morgan fingerprint density at radius 2 is 2.12 bits per heavy atom. The second kappa shape index (κ2) is 4.96. The molecule has 1 aromatic carbocycles. The number of carbonyl (C=O) groups is 1. The maximum atomic E-state index is 13.0. The van der Waals surface area contributed by atoms with E-state index >= 15 is 0 Å². The van der Waals surface area contributed by atoms with E-state index in [9.17, 15) is 9.18 Å². The predicted octanol–water partition coefficient (Wildman–Crippen LogP) is 2.90. The van der Waals surface area contributed by atoms with Crippen LogP contribution < -0.4 is 0 Å². The summed E-state index contributed by atoms with van der Waals surface area (Å²) in [6, 6.07) is 6.21. The van der Waals surface area contributed by atoms with Gasteiger partial charge in [0.15, 0.2) is 5.78 Å². The summed E-state index contributed by atoms with van der Waals surface area (Å²) in [4.78, 5) is 12.2. The van der Waals surface area contributed by atoms with Gasteiger partial charge in [0, 0.05) is 13.5 Å². The van der Waals surface area contributed by atoms with Crippen LogP contribution in [0.5, 0.6) is 0 Å². The van der Waals surface area contributed by atoms with Crippen LogP contribution in [0.2, 0.25) is 0 Å². The molecule has 1 aromatic rings. The van der Waals surface area contributed by atoms with E-state index in [0.29, 0.717) is 0 Å². The second-order valence-electron chi connectivity index (χ2n) is 4.64. The van der Waals surface area contributed by atoms with Crippen molar-refractivity contribution in [3.63, 3.8) is 0 Å². The highest BCUT2D eigenvalue weighted by Crippen LogP contribution is 2.34. The van der Waals surface area contributed by atoms with Crippen molar-refractivity contribution in [2.45, 2.75) is 37.7 Å². The molecule has 0 radical (unpaired) electrons. The monoisotopic (exact) mass is 236 g/mol. The highest BCUT2D eigenvalue weighted by Gasteiger charge is 2.40. The van der Waals surface area contributed by atoms with E-state index in [0.717, 1.165) is 31.2 Å². The van der Waals surface area contributed by atoms with E-state index in [1.54, 1.807) is 19.2 Å². The number of methoxy groups -OCH3 is 1. The minimum absolute atomic E-state index is 0.0723. The lowest BCUT2D eigenvalue weighted by atomic mass is 9.91. The van der Waals surface area contributed by atoms with E-state index in [2.05, 4.69) is 0 Å². The number of hydrogen-bond donors (Lipinski definition) is 0. The Hall–Kier alpha value is -1.22. The van der Waals surface area contributed by atoms with E-state index in [4.69, 9.17) is 4.74 Å². The van der Waals surface area contributed by atoms with E-state index in [1.165, 1.54) is 12.1 Å². The zero-order chi connectivity index (χ0) is 12.3. The third-order valence-corrected chi connectivity index (χ3v) is 3.56. The van der Waals surface area contributed by atoms with Gasteiger partial charge >= 0.3 is 0 Å². The fourth-order valence-corrected chi connectivity index (χ4v) is 2.54. The topological polar surface area (TPSA) is 26.3 Å². The molecule has 0 aromatic heterocycles. The van der Waals surface area contributed by atoms with E-state index in [-0.39, 0.29) is 18.0 Å². The maximum Gasteiger partial charge on any atom is 0.168 e. The molecule has 0 bridgehead atoms. The van der Waals surface area contributed by atoms with Crippen LogP contribution in [0.4, 0.5) is 4.39 Å². The van der Waals surface area contributed by atoms with Crippen LogP contribution in [0, 0.1) is 5.82 Å². The first kappa shape index (κ1) is 12.2. The Morgan fingerprint density at radius 3 is 2.71 bits per heavy atom. The fraction of sp³-hybridized carbons (Fsp3) is 0.500. The van der Waals surface area contributed by atoms with Gasteiger partial charge in [0.25, 0.3) is 0 Å². The second-order valence-corrected chi connectivity index (χ2v) is 4.64. The molecule has 17 heavy (non-hydrogen) atoms. The normalized spacial score (nSPS) is 18.2. The minimum atomic E-state index is -0.619. The van der Waals surface area contributed by atoms with Crippen LogP contribution >= 0.6 is 0 Å². The molecule has 0 spiro atoms. The lowest BCUT2D eigenvalue weighted by Gasteiger charge is -2.25. The Morgan fingerprint density at radius 1 is 1.41 bits per heavy atom. The van der Waals surface area contributed by atoms with Crippen molar-refractivity contribution in [2.24, 2.45) is 0 Å². The lowest BCUT2D eigenvalue weighted by molar-refractivity contribution is -0.139. The molecule has 0 saturated heterocycles. The Kier molecular flexibility index (Phi) is 3.57. The smallest absolute Gasteiger partial charge is 0.168 e. The standard InChI is InChI=1S/C14H17FO2/c1-17-14(7-2-3-8-14)13(16)10-11-5-4-6-12(15)9-11/h4-6,9H,2-3,7-8,10H2,1H3. The van der Waals surface area contributed by atoms with Crippen molar-refractivity contribution in [1.29, 1.82) is 0 Å². The number of hydrogen-bond acceptors (Lipinski definition) is 2. The summed E-state index contributed by atoms with van der Waals surface area (Å²) < 4.78 is 18.4. The van der Waals surface area contributed by atoms with Gasteiger partial charge in [0.1, 0.15) is 11.4 Å². The average Bonchev–Trinajstić information content (AvgIpc) is 2.78.